The van der Waals surface area contributed by atoms with Gasteiger partial charge < -0.3 is 19.9 Å². The Balaban J connectivity index is 1.70. The lowest BCUT2D eigenvalue weighted by atomic mass is 10.2. The number of amides is 2. The minimum absolute atomic E-state index is 0.0437. The van der Waals surface area contributed by atoms with Crippen LogP contribution in [-0.2, 0) is 14.6 Å². The zero-order valence-electron chi connectivity index (χ0n) is 13.8. The first-order valence-corrected chi connectivity index (χ1v) is 9.94. The van der Waals surface area contributed by atoms with Crippen molar-refractivity contribution < 1.29 is 17.9 Å². The van der Waals surface area contributed by atoms with Crippen molar-refractivity contribution in [3.8, 4) is 0 Å². The zero-order valence-corrected chi connectivity index (χ0v) is 14.6. The van der Waals surface area contributed by atoms with Gasteiger partial charge in [-0.05, 0) is 18.6 Å². The Hall–Kier alpha value is -1.80. The van der Waals surface area contributed by atoms with Crippen LogP contribution in [0.5, 0.6) is 0 Å². The van der Waals surface area contributed by atoms with Crippen LogP contribution in [0.15, 0.2) is 24.3 Å². The van der Waals surface area contributed by atoms with Crippen LogP contribution in [0, 0.1) is 0 Å². The summed E-state index contributed by atoms with van der Waals surface area (Å²) < 4.78 is 28.6. The van der Waals surface area contributed by atoms with Gasteiger partial charge in [0.15, 0.2) is 9.84 Å². The second kappa shape index (κ2) is 6.98. The summed E-state index contributed by atoms with van der Waals surface area (Å²) >= 11 is 0. The van der Waals surface area contributed by atoms with Gasteiger partial charge in [-0.3, -0.25) is 0 Å². The number of hydrogen-bond acceptors (Lipinski definition) is 5. The monoisotopic (exact) mass is 353 g/mol. The lowest BCUT2D eigenvalue weighted by Crippen LogP contribution is -2.41. The molecule has 2 saturated heterocycles. The van der Waals surface area contributed by atoms with Crippen molar-refractivity contribution in [2.24, 2.45) is 0 Å². The van der Waals surface area contributed by atoms with Gasteiger partial charge in [-0.2, -0.15) is 0 Å². The summed E-state index contributed by atoms with van der Waals surface area (Å²) in [5.74, 6) is 0.196. The normalized spacial score (nSPS) is 23.0. The van der Waals surface area contributed by atoms with Gasteiger partial charge in [0.05, 0.1) is 36.1 Å². The highest BCUT2D eigenvalue weighted by atomic mass is 32.2. The van der Waals surface area contributed by atoms with Crippen LogP contribution in [-0.4, -0.2) is 70.2 Å². The standard InChI is InChI=1S/C16H23N3O4S/c1-18(13-6-11-24(21,22)12-13)16(20)17-14-4-2-3-5-15(14)19-7-9-23-10-8-19/h2-5,13H,6-12H2,1H3,(H,17,20). The number of para-hydroxylation sites is 2. The molecule has 1 aromatic carbocycles. The van der Waals surface area contributed by atoms with Crippen LogP contribution in [0.3, 0.4) is 0 Å². The van der Waals surface area contributed by atoms with Crippen molar-refractivity contribution in [1.29, 1.82) is 0 Å². The smallest absolute Gasteiger partial charge is 0.321 e. The van der Waals surface area contributed by atoms with Gasteiger partial charge in [-0.25, -0.2) is 13.2 Å². The molecular weight excluding hydrogens is 330 g/mol. The summed E-state index contributed by atoms with van der Waals surface area (Å²) in [4.78, 5) is 16.2. The maximum atomic E-state index is 12.5. The number of urea groups is 1. The Morgan fingerprint density at radius 3 is 2.67 bits per heavy atom. The zero-order chi connectivity index (χ0) is 17.2. The minimum atomic E-state index is -3.02. The first-order valence-electron chi connectivity index (χ1n) is 8.12. The first-order chi connectivity index (χ1) is 11.5. The highest BCUT2D eigenvalue weighted by molar-refractivity contribution is 7.91. The van der Waals surface area contributed by atoms with Crippen molar-refractivity contribution in [2.45, 2.75) is 12.5 Å². The Bertz CT molecular complexity index is 701. The molecule has 2 amide bonds. The average molecular weight is 353 g/mol. The molecule has 0 radical (unpaired) electrons. The van der Waals surface area contributed by atoms with E-state index in [1.54, 1.807) is 7.05 Å². The highest BCUT2D eigenvalue weighted by Crippen LogP contribution is 2.27. The molecule has 1 unspecified atom stereocenters. The Kier molecular flexibility index (Phi) is 4.96. The van der Waals surface area contributed by atoms with E-state index in [1.807, 2.05) is 24.3 Å². The number of sulfone groups is 1. The van der Waals surface area contributed by atoms with Gasteiger partial charge in [0.1, 0.15) is 0 Å². The molecule has 2 aliphatic rings. The molecule has 2 heterocycles. The van der Waals surface area contributed by atoms with E-state index in [4.69, 9.17) is 4.74 Å². The molecule has 0 spiro atoms. The van der Waals surface area contributed by atoms with E-state index >= 15 is 0 Å². The van der Waals surface area contributed by atoms with Crippen molar-refractivity contribution in [3.63, 3.8) is 0 Å². The number of morpholine rings is 1. The molecule has 0 aromatic heterocycles. The molecule has 24 heavy (non-hydrogen) atoms. The number of rotatable bonds is 3. The number of hydrogen-bond donors (Lipinski definition) is 1. The first kappa shape index (κ1) is 17.0. The summed E-state index contributed by atoms with van der Waals surface area (Å²) in [5.41, 5.74) is 1.69. The van der Waals surface area contributed by atoms with Crippen LogP contribution in [0.25, 0.3) is 0 Å². The Labute approximate surface area is 142 Å². The fraction of sp³-hybridized carbons (Fsp3) is 0.562. The van der Waals surface area contributed by atoms with E-state index in [0.29, 0.717) is 19.6 Å². The molecule has 2 aliphatic heterocycles. The fourth-order valence-corrected chi connectivity index (χ4v) is 4.88. The number of nitrogens with one attached hydrogen (secondary N) is 1. The predicted octanol–water partition coefficient (Wildman–Crippen LogP) is 1.17. The van der Waals surface area contributed by atoms with E-state index in [1.165, 1.54) is 4.90 Å². The van der Waals surface area contributed by atoms with Gasteiger partial charge in [0.25, 0.3) is 0 Å². The number of ether oxygens (including phenoxy) is 1. The molecule has 3 rings (SSSR count). The SMILES string of the molecule is CN(C(=O)Nc1ccccc1N1CCOCC1)C1CCS(=O)(=O)C1. The largest absolute Gasteiger partial charge is 0.378 e. The Morgan fingerprint density at radius 2 is 2.00 bits per heavy atom. The predicted molar refractivity (Wildman–Crippen MR) is 93.3 cm³/mol. The average Bonchev–Trinajstić information content (AvgIpc) is 2.95. The second-order valence-electron chi connectivity index (χ2n) is 6.21. The quantitative estimate of drug-likeness (QED) is 0.883. The summed E-state index contributed by atoms with van der Waals surface area (Å²) in [6.45, 7) is 2.90. The van der Waals surface area contributed by atoms with Crippen molar-refractivity contribution in [2.75, 3.05) is 55.1 Å². The van der Waals surface area contributed by atoms with Gasteiger partial charge in [0.2, 0.25) is 0 Å². The van der Waals surface area contributed by atoms with Gasteiger partial charge in [-0.1, -0.05) is 12.1 Å². The molecule has 7 nitrogen and oxygen atoms in total. The lowest BCUT2D eigenvalue weighted by Gasteiger charge is -2.31. The van der Waals surface area contributed by atoms with E-state index < -0.39 is 9.84 Å². The number of nitrogens with zero attached hydrogens (tertiary/aromatic N) is 2. The molecule has 1 N–H and O–H groups in total. The van der Waals surface area contributed by atoms with Gasteiger partial charge in [-0.15, -0.1) is 0 Å². The van der Waals surface area contributed by atoms with Crippen LogP contribution >= 0.6 is 0 Å². The van der Waals surface area contributed by atoms with E-state index in [0.717, 1.165) is 24.5 Å². The summed E-state index contributed by atoms with van der Waals surface area (Å²) in [6, 6.07) is 7.11. The molecule has 0 aliphatic carbocycles. The van der Waals surface area contributed by atoms with Crippen LogP contribution in [0.1, 0.15) is 6.42 Å². The van der Waals surface area contributed by atoms with Gasteiger partial charge in [0, 0.05) is 26.2 Å². The number of carbonyl (C=O) groups excluding carboxylic acids is 1. The summed E-state index contributed by atoms with van der Waals surface area (Å²) in [7, 11) is -1.36. The molecule has 1 aromatic rings. The number of anilines is 2. The van der Waals surface area contributed by atoms with E-state index in [-0.39, 0.29) is 23.6 Å². The molecule has 0 saturated carbocycles. The molecule has 2 fully saturated rings. The maximum Gasteiger partial charge on any atom is 0.321 e. The third kappa shape index (κ3) is 3.81. The number of benzene rings is 1. The van der Waals surface area contributed by atoms with Crippen LogP contribution in [0.2, 0.25) is 0 Å². The van der Waals surface area contributed by atoms with E-state index in [2.05, 4.69) is 10.2 Å². The molecule has 8 heteroatoms. The van der Waals surface area contributed by atoms with E-state index in [9.17, 15) is 13.2 Å². The summed E-state index contributed by atoms with van der Waals surface area (Å²) in [5, 5.41) is 2.92. The Morgan fingerprint density at radius 1 is 1.29 bits per heavy atom. The topological polar surface area (TPSA) is 79.0 Å². The third-order valence-electron chi connectivity index (χ3n) is 4.57. The highest BCUT2D eigenvalue weighted by Gasteiger charge is 2.33. The molecule has 1 atom stereocenters. The molecular formula is C16H23N3O4S. The van der Waals surface area contributed by atoms with Gasteiger partial charge >= 0.3 is 6.03 Å². The second-order valence-corrected chi connectivity index (χ2v) is 8.44. The third-order valence-corrected chi connectivity index (χ3v) is 6.32. The van der Waals surface area contributed by atoms with Crippen LogP contribution < -0.4 is 10.2 Å². The lowest BCUT2D eigenvalue weighted by molar-refractivity contribution is 0.123. The minimum Gasteiger partial charge on any atom is -0.378 e. The van der Waals surface area contributed by atoms with Crippen molar-refractivity contribution >= 4 is 27.2 Å². The van der Waals surface area contributed by atoms with Crippen molar-refractivity contribution in [1.82, 2.24) is 4.90 Å². The summed E-state index contributed by atoms with van der Waals surface area (Å²) in [6.07, 6.45) is 0.497. The van der Waals surface area contributed by atoms with Crippen molar-refractivity contribution in [3.05, 3.63) is 24.3 Å². The fourth-order valence-electron chi connectivity index (χ4n) is 3.11. The van der Waals surface area contributed by atoms with Crippen LogP contribution in [0.4, 0.5) is 16.2 Å². The maximum absolute atomic E-state index is 12.5. The molecule has 0 bridgehead atoms. The molecule has 132 valence electrons. The number of carbonyl (C=O) groups is 1.